The van der Waals surface area contributed by atoms with Crippen molar-refractivity contribution < 1.29 is 28.7 Å². The van der Waals surface area contributed by atoms with Gasteiger partial charge in [0.15, 0.2) is 0 Å². The van der Waals surface area contributed by atoms with Crippen LogP contribution >= 0.6 is 0 Å². The molecule has 0 aliphatic carbocycles. The predicted molar refractivity (Wildman–Crippen MR) is 110 cm³/mol. The van der Waals surface area contributed by atoms with E-state index in [0.717, 1.165) is 5.39 Å². The molecule has 0 aliphatic rings. The molecule has 0 saturated heterocycles. The van der Waals surface area contributed by atoms with E-state index in [2.05, 4.69) is 15.3 Å². The molecule has 2 heterocycles. The number of aromatic nitrogens is 4. The molecule has 0 unspecified atom stereocenters. The smallest absolute Gasteiger partial charge is 0.483 e. The first-order valence-corrected chi connectivity index (χ1v) is 8.79. The number of alkyl halides is 2. The molecular formula is C19H16BF2N5O4. The molecule has 5 N–H and O–H groups in total. The third kappa shape index (κ3) is 4.65. The zero-order valence-electron chi connectivity index (χ0n) is 15.8. The van der Waals surface area contributed by atoms with Crippen LogP contribution in [0.5, 0.6) is 0 Å². The van der Waals surface area contributed by atoms with Crippen molar-refractivity contribution in [2.75, 3.05) is 5.73 Å². The Morgan fingerprint density at radius 2 is 1.87 bits per heavy atom. The molecule has 0 saturated carbocycles. The van der Waals surface area contributed by atoms with Gasteiger partial charge >= 0.3 is 7.12 Å². The molecule has 158 valence electrons. The second-order valence-corrected chi connectivity index (χ2v) is 6.27. The highest BCUT2D eigenvalue weighted by Crippen LogP contribution is 2.30. The van der Waals surface area contributed by atoms with Crippen LogP contribution in [-0.2, 0) is 4.79 Å². The summed E-state index contributed by atoms with van der Waals surface area (Å²) in [6, 6.07) is 11.2. The highest BCUT2D eigenvalue weighted by molar-refractivity contribution is 6.58. The maximum Gasteiger partial charge on any atom is 0.488 e. The molecule has 0 bridgehead atoms. The number of nitrogens with two attached hydrogens (primary N) is 1. The summed E-state index contributed by atoms with van der Waals surface area (Å²) in [5, 5.41) is 38.5. The number of halogens is 2. The van der Waals surface area contributed by atoms with Crippen molar-refractivity contribution in [2.24, 2.45) is 0 Å². The van der Waals surface area contributed by atoms with E-state index in [4.69, 9.17) is 15.6 Å². The maximum absolute atomic E-state index is 12.9. The SMILES string of the molecule is Nc1cnnc2cc(-c3cc(B(O)O)ccc3-n3ccc(C(F)F)n3)ccc12.O=CO. The standard InChI is InChI=1S/C18H14BF2N5O2.CH2O2/c20-18(21)15-5-6-26(25-15)17-4-2-11(19(27)28)8-13(17)10-1-3-12-14(22)9-23-24-16(12)7-10;2-1-3/h1-9,18,27-28H,(H2,22,24);1H,(H,2,3). The second-order valence-electron chi connectivity index (χ2n) is 6.27. The van der Waals surface area contributed by atoms with Crippen LogP contribution < -0.4 is 11.2 Å². The summed E-state index contributed by atoms with van der Waals surface area (Å²) in [6.45, 7) is -0.250. The Morgan fingerprint density at radius 3 is 2.52 bits per heavy atom. The quantitative estimate of drug-likeness (QED) is 0.282. The summed E-state index contributed by atoms with van der Waals surface area (Å²) in [5.74, 6) is 0. The van der Waals surface area contributed by atoms with Crippen LogP contribution in [0.4, 0.5) is 14.5 Å². The van der Waals surface area contributed by atoms with E-state index in [1.165, 1.54) is 29.2 Å². The highest BCUT2D eigenvalue weighted by atomic mass is 19.3. The number of nitrogens with zero attached hydrogens (tertiary/aromatic N) is 4. The van der Waals surface area contributed by atoms with Crippen LogP contribution in [0.3, 0.4) is 0 Å². The van der Waals surface area contributed by atoms with Gasteiger partial charge in [0.25, 0.3) is 12.9 Å². The maximum atomic E-state index is 12.9. The van der Waals surface area contributed by atoms with Crippen LogP contribution in [0.2, 0.25) is 0 Å². The molecule has 0 fully saturated rings. The molecule has 2 aromatic heterocycles. The van der Waals surface area contributed by atoms with Crippen molar-refractivity contribution >= 4 is 35.6 Å². The number of fused-ring (bicyclic) bond motifs is 1. The number of carboxylic acid groups (broad SMARTS) is 1. The summed E-state index contributed by atoms with van der Waals surface area (Å²) in [5.41, 5.74) is 8.54. The normalized spacial score (nSPS) is 10.6. The first kappa shape index (κ1) is 21.8. The zero-order chi connectivity index (χ0) is 22.5. The zero-order valence-corrected chi connectivity index (χ0v) is 15.8. The first-order valence-electron chi connectivity index (χ1n) is 8.79. The van der Waals surface area contributed by atoms with Gasteiger partial charge < -0.3 is 20.9 Å². The number of rotatable bonds is 4. The molecular weight excluding hydrogens is 411 g/mol. The van der Waals surface area contributed by atoms with Gasteiger partial charge in [0.1, 0.15) is 5.69 Å². The Morgan fingerprint density at radius 1 is 1.13 bits per heavy atom. The lowest BCUT2D eigenvalue weighted by atomic mass is 9.78. The van der Waals surface area contributed by atoms with Crippen LogP contribution in [-0.4, -0.2) is 48.7 Å². The Kier molecular flexibility index (Phi) is 6.53. The fourth-order valence-corrected chi connectivity index (χ4v) is 2.98. The minimum atomic E-state index is -2.69. The van der Waals surface area contributed by atoms with Crippen LogP contribution in [0.15, 0.2) is 54.9 Å². The van der Waals surface area contributed by atoms with Gasteiger partial charge in [0.2, 0.25) is 0 Å². The third-order valence-electron chi connectivity index (χ3n) is 4.38. The molecule has 4 rings (SSSR count). The Hall–Kier alpha value is -3.90. The number of hydrogen-bond donors (Lipinski definition) is 4. The van der Waals surface area contributed by atoms with E-state index < -0.39 is 13.5 Å². The molecule has 0 atom stereocenters. The Bertz CT molecular complexity index is 1220. The third-order valence-corrected chi connectivity index (χ3v) is 4.38. The largest absolute Gasteiger partial charge is 0.488 e. The summed E-state index contributed by atoms with van der Waals surface area (Å²) in [4.78, 5) is 8.36. The van der Waals surface area contributed by atoms with Crippen LogP contribution in [0.25, 0.3) is 27.7 Å². The van der Waals surface area contributed by atoms with E-state index >= 15 is 0 Å². The van der Waals surface area contributed by atoms with Crippen molar-refractivity contribution in [2.45, 2.75) is 6.43 Å². The molecule has 12 heteroatoms. The van der Waals surface area contributed by atoms with Gasteiger partial charge in [0.05, 0.1) is 23.1 Å². The molecule has 0 aliphatic heterocycles. The van der Waals surface area contributed by atoms with E-state index in [-0.39, 0.29) is 17.6 Å². The number of carbonyl (C=O) groups is 1. The van der Waals surface area contributed by atoms with E-state index in [1.807, 2.05) is 0 Å². The van der Waals surface area contributed by atoms with Gasteiger partial charge in [0, 0.05) is 17.1 Å². The van der Waals surface area contributed by atoms with Gasteiger partial charge in [-0.25, -0.2) is 13.5 Å². The van der Waals surface area contributed by atoms with Crippen LogP contribution in [0, 0.1) is 0 Å². The lowest BCUT2D eigenvalue weighted by Crippen LogP contribution is -2.30. The topological polar surface area (TPSA) is 147 Å². The summed E-state index contributed by atoms with van der Waals surface area (Å²) in [6.07, 6.45) is 0.183. The minimum Gasteiger partial charge on any atom is -0.483 e. The number of benzene rings is 2. The molecule has 9 nitrogen and oxygen atoms in total. The monoisotopic (exact) mass is 427 g/mol. The van der Waals surface area contributed by atoms with E-state index in [9.17, 15) is 18.8 Å². The van der Waals surface area contributed by atoms with E-state index in [0.29, 0.717) is 28.0 Å². The lowest BCUT2D eigenvalue weighted by molar-refractivity contribution is -0.122. The van der Waals surface area contributed by atoms with Crippen molar-refractivity contribution in [1.29, 1.82) is 0 Å². The number of nitrogen functional groups attached to an aromatic ring is 1. The van der Waals surface area contributed by atoms with Gasteiger partial charge in [-0.15, -0.1) is 0 Å². The van der Waals surface area contributed by atoms with Crippen molar-refractivity contribution in [3.05, 3.63) is 60.6 Å². The summed E-state index contributed by atoms with van der Waals surface area (Å²) >= 11 is 0. The molecule has 4 aromatic rings. The van der Waals surface area contributed by atoms with Gasteiger partial charge in [-0.3, -0.25) is 4.79 Å². The lowest BCUT2D eigenvalue weighted by Gasteiger charge is -2.13. The van der Waals surface area contributed by atoms with Crippen molar-refractivity contribution in [3.8, 4) is 16.8 Å². The summed E-state index contributed by atoms with van der Waals surface area (Å²) < 4.78 is 27.2. The van der Waals surface area contributed by atoms with Crippen molar-refractivity contribution in [3.63, 3.8) is 0 Å². The predicted octanol–water partition coefficient (Wildman–Crippen LogP) is 1.38. The first-order chi connectivity index (χ1) is 14.8. The molecule has 0 radical (unpaired) electrons. The van der Waals surface area contributed by atoms with Gasteiger partial charge in [-0.1, -0.05) is 18.2 Å². The minimum absolute atomic E-state index is 0.249. The van der Waals surface area contributed by atoms with Gasteiger partial charge in [-0.2, -0.15) is 15.3 Å². The number of hydrogen-bond acceptors (Lipinski definition) is 7. The average molecular weight is 427 g/mol. The fraction of sp³-hybridized carbons (Fsp3) is 0.0526. The fourth-order valence-electron chi connectivity index (χ4n) is 2.98. The van der Waals surface area contributed by atoms with E-state index in [1.54, 1.807) is 30.3 Å². The molecule has 0 amide bonds. The van der Waals surface area contributed by atoms with Crippen molar-refractivity contribution in [1.82, 2.24) is 20.0 Å². The van der Waals surface area contributed by atoms with Crippen LogP contribution in [0.1, 0.15) is 12.1 Å². The molecule has 31 heavy (non-hydrogen) atoms. The average Bonchev–Trinajstić information content (AvgIpc) is 3.24. The second kappa shape index (κ2) is 9.28. The Labute approximate surface area is 174 Å². The van der Waals surface area contributed by atoms with Gasteiger partial charge in [-0.05, 0) is 35.3 Å². The Balaban J connectivity index is 0.000000858. The number of anilines is 1. The molecule has 0 spiro atoms. The summed E-state index contributed by atoms with van der Waals surface area (Å²) in [7, 11) is -1.68. The highest BCUT2D eigenvalue weighted by Gasteiger charge is 2.18. The molecule has 2 aromatic carbocycles.